The average Bonchev–Trinajstić information content (AvgIpc) is 2.41. The summed E-state index contributed by atoms with van der Waals surface area (Å²) in [4.78, 5) is 15.3. The normalized spacial score (nSPS) is 9.89. The minimum Gasteiger partial charge on any atom is -0.465 e. The average molecular weight is 243 g/mol. The molecule has 0 spiro atoms. The van der Waals surface area contributed by atoms with Crippen LogP contribution in [0.4, 0.5) is 0 Å². The van der Waals surface area contributed by atoms with Gasteiger partial charge in [0.15, 0.2) is 0 Å². The van der Waals surface area contributed by atoms with Crippen molar-refractivity contribution in [1.29, 1.82) is 0 Å². The monoisotopic (exact) mass is 243 g/mol. The maximum atomic E-state index is 11.2. The van der Waals surface area contributed by atoms with E-state index >= 15 is 0 Å². The Balaban J connectivity index is 2.10. The molecule has 0 amide bonds. The molecule has 1 heterocycles. The highest BCUT2D eigenvalue weighted by Crippen LogP contribution is 2.19. The third-order valence-corrected chi connectivity index (χ3v) is 2.40. The first-order valence-electron chi connectivity index (χ1n) is 5.48. The smallest absolute Gasteiger partial charge is 0.339 e. The van der Waals surface area contributed by atoms with Gasteiger partial charge in [0.25, 0.3) is 0 Å². The van der Waals surface area contributed by atoms with Crippen LogP contribution in [-0.4, -0.2) is 18.1 Å². The number of rotatable bonds is 3. The first kappa shape index (κ1) is 12.1. The van der Waals surface area contributed by atoms with Gasteiger partial charge in [-0.2, -0.15) is 0 Å². The number of benzene rings is 1. The Morgan fingerprint density at radius 2 is 1.83 bits per heavy atom. The molecule has 2 rings (SSSR count). The van der Waals surface area contributed by atoms with Crippen LogP contribution in [0.2, 0.25) is 0 Å². The van der Waals surface area contributed by atoms with Crippen molar-refractivity contribution in [2.75, 3.05) is 7.11 Å². The molecule has 0 aliphatic rings. The van der Waals surface area contributed by atoms with Crippen LogP contribution in [0, 0.1) is 6.92 Å². The van der Waals surface area contributed by atoms with Gasteiger partial charge in [-0.1, -0.05) is 17.7 Å². The van der Waals surface area contributed by atoms with E-state index in [9.17, 15) is 4.79 Å². The van der Waals surface area contributed by atoms with Gasteiger partial charge in [0.05, 0.1) is 12.7 Å². The second-order valence-electron chi connectivity index (χ2n) is 3.79. The maximum Gasteiger partial charge on any atom is 0.339 e. The molecular formula is C14H13NO3. The highest BCUT2D eigenvalue weighted by Gasteiger charge is 2.06. The Labute approximate surface area is 105 Å². The lowest BCUT2D eigenvalue weighted by Crippen LogP contribution is -2.01. The summed E-state index contributed by atoms with van der Waals surface area (Å²) in [5.41, 5.74) is 1.56. The molecule has 4 nitrogen and oxygen atoms in total. The summed E-state index contributed by atoms with van der Waals surface area (Å²) < 4.78 is 10.1. The van der Waals surface area contributed by atoms with Gasteiger partial charge in [0.1, 0.15) is 5.75 Å². The van der Waals surface area contributed by atoms with Crippen LogP contribution >= 0.6 is 0 Å². The van der Waals surface area contributed by atoms with Gasteiger partial charge in [-0.15, -0.1) is 0 Å². The minimum atomic E-state index is -0.413. The van der Waals surface area contributed by atoms with Gasteiger partial charge in [-0.3, -0.25) is 0 Å². The SMILES string of the molecule is COC(=O)c1ccc(Oc2ccc(C)cc2)nc1. The summed E-state index contributed by atoms with van der Waals surface area (Å²) in [5.74, 6) is 0.731. The fourth-order valence-corrected chi connectivity index (χ4v) is 1.41. The highest BCUT2D eigenvalue weighted by atomic mass is 16.5. The van der Waals surface area contributed by atoms with Gasteiger partial charge >= 0.3 is 5.97 Å². The van der Waals surface area contributed by atoms with Crippen LogP contribution in [0.3, 0.4) is 0 Å². The summed E-state index contributed by atoms with van der Waals surface area (Å²) in [6.07, 6.45) is 1.43. The number of nitrogens with zero attached hydrogens (tertiary/aromatic N) is 1. The van der Waals surface area contributed by atoms with Gasteiger partial charge in [-0.25, -0.2) is 9.78 Å². The van der Waals surface area contributed by atoms with Crippen LogP contribution < -0.4 is 4.74 Å². The number of carbonyl (C=O) groups excluding carboxylic acids is 1. The van der Waals surface area contributed by atoms with E-state index in [1.165, 1.54) is 13.3 Å². The lowest BCUT2D eigenvalue weighted by molar-refractivity contribution is 0.0600. The zero-order chi connectivity index (χ0) is 13.0. The van der Waals surface area contributed by atoms with Crippen LogP contribution in [0.5, 0.6) is 11.6 Å². The number of aromatic nitrogens is 1. The van der Waals surface area contributed by atoms with Gasteiger partial charge in [0.2, 0.25) is 5.88 Å². The van der Waals surface area contributed by atoms with Crippen molar-refractivity contribution < 1.29 is 14.3 Å². The Morgan fingerprint density at radius 3 is 2.39 bits per heavy atom. The topological polar surface area (TPSA) is 48.4 Å². The van der Waals surface area contributed by atoms with E-state index in [2.05, 4.69) is 9.72 Å². The molecule has 0 unspecified atom stereocenters. The van der Waals surface area contributed by atoms with Crippen molar-refractivity contribution in [3.8, 4) is 11.6 Å². The first-order chi connectivity index (χ1) is 8.69. The molecule has 0 bridgehead atoms. The van der Waals surface area contributed by atoms with Crippen LogP contribution in [-0.2, 0) is 4.74 Å². The van der Waals surface area contributed by atoms with Gasteiger partial charge in [-0.05, 0) is 25.1 Å². The van der Waals surface area contributed by atoms with Crippen molar-refractivity contribution >= 4 is 5.97 Å². The minimum absolute atomic E-state index is 0.397. The fraction of sp³-hybridized carbons (Fsp3) is 0.143. The zero-order valence-electron chi connectivity index (χ0n) is 10.2. The Bertz CT molecular complexity index is 532. The second kappa shape index (κ2) is 5.31. The largest absolute Gasteiger partial charge is 0.465 e. The molecule has 0 saturated heterocycles. The number of pyridine rings is 1. The maximum absolute atomic E-state index is 11.2. The van der Waals surface area contributed by atoms with Crippen LogP contribution in [0.15, 0.2) is 42.6 Å². The van der Waals surface area contributed by atoms with Crippen molar-refractivity contribution in [2.24, 2.45) is 0 Å². The van der Waals surface area contributed by atoms with Gasteiger partial charge < -0.3 is 9.47 Å². The molecule has 18 heavy (non-hydrogen) atoms. The first-order valence-corrected chi connectivity index (χ1v) is 5.48. The molecule has 1 aromatic carbocycles. The summed E-state index contributed by atoms with van der Waals surface area (Å²) in [6, 6.07) is 10.9. The molecular weight excluding hydrogens is 230 g/mol. The van der Waals surface area contributed by atoms with Crippen LogP contribution in [0.25, 0.3) is 0 Å². The third-order valence-electron chi connectivity index (χ3n) is 2.40. The van der Waals surface area contributed by atoms with Crippen LogP contribution in [0.1, 0.15) is 15.9 Å². The molecule has 0 saturated carbocycles. The van der Waals surface area contributed by atoms with E-state index in [-0.39, 0.29) is 0 Å². The van der Waals surface area contributed by atoms with E-state index < -0.39 is 5.97 Å². The highest BCUT2D eigenvalue weighted by molar-refractivity contribution is 5.88. The number of hydrogen-bond acceptors (Lipinski definition) is 4. The van der Waals surface area contributed by atoms with E-state index in [1.54, 1.807) is 12.1 Å². The molecule has 1 aromatic heterocycles. The number of aryl methyl sites for hydroxylation is 1. The van der Waals surface area contributed by atoms with Crippen molar-refractivity contribution in [3.63, 3.8) is 0 Å². The molecule has 0 N–H and O–H groups in total. The molecule has 0 atom stereocenters. The third kappa shape index (κ3) is 2.85. The quantitative estimate of drug-likeness (QED) is 0.777. The number of ether oxygens (including phenoxy) is 2. The zero-order valence-corrected chi connectivity index (χ0v) is 10.2. The predicted molar refractivity (Wildman–Crippen MR) is 66.8 cm³/mol. The molecule has 92 valence electrons. The lowest BCUT2D eigenvalue weighted by atomic mass is 10.2. The number of hydrogen-bond donors (Lipinski definition) is 0. The van der Waals surface area contributed by atoms with E-state index in [0.717, 1.165) is 5.56 Å². The fourth-order valence-electron chi connectivity index (χ4n) is 1.41. The van der Waals surface area contributed by atoms with E-state index in [0.29, 0.717) is 17.2 Å². The standard InChI is InChI=1S/C14H13NO3/c1-10-3-6-12(7-4-10)18-13-8-5-11(9-15-13)14(16)17-2/h3-9H,1-2H3. The number of carbonyl (C=O) groups is 1. The van der Waals surface area contributed by atoms with Crippen molar-refractivity contribution in [2.45, 2.75) is 6.92 Å². The molecule has 0 aliphatic carbocycles. The Hall–Kier alpha value is -2.36. The molecule has 0 fully saturated rings. The number of methoxy groups -OCH3 is 1. The Morgan fingerprint density at radius 1 is 1.11 bits per heavy atom. The summed E-state index contributed by atoms with van der Waals surface area (Å²) in [7, 11) is 1.33. The molecule has 0 radical (unpaired) electrons. The molecule has 2 aromatic rings. The van der Waals surface area contributed by atoms with E-state index in [1.807, 2.05) is 31.2 Å². The van der Waals surface area contributed by atoms with Crippen molar-refractivity contribution in [3.05, 3.63) is 53.7 Å². The summed E-state index contributed by atoms with van der Waals surface area (Å²) >= 11 is 0. The molecule has 0 aliphatic heterocycles. The van der Waals surface area contributed by atoms with E-state index in [4.69, 9.17) is 4.74 Å². The number of esters is 1. The molecule has 4 heteroatoms. The second-order valence-corrected chi connectivity index (χ2v) is 3.79. The van der Waals surface area contributed by atoms with Crippen molar-refractivity contribution in [1.82, 2.24) is 4.98 Å². The summed E-state index contributed by atoms with van der Waals surface area (Å²) in [6.45, 7) is 2.01. The predicted octanol–water partition coefficient (Wildman–Crippen LogP) is 2.97. The lowest BCUT2D eigenvalue weighted by Gasteiger charge is -2.05. The van der Waals surface area contributed by atoms with Gasteiger partial charge in [0, 0.05) is 12.3 Å². The summed E-state index contributed by atoms with van der Waals surface area (Å²) in [5, 5.41) is 0. The Kier molecular flexibility index (Phi) is 3.57.